The molecule has 0 aliphatic heterocycles. The molecule has 0 aliphatic rings. The largest absolute Gasteiger partial charge is 0.449 e. The molecule has 0 bridgehead atoms. The molecule has 0 fully saturated rings. The van der Waals surface area contributed by atoms with Crippen LogP contribution in [0.4, 0.5) is 13.2 Å². The van der Waals surface area contributed by atoms with Gasteiger partial charge < -0.3 is 4.98 Å². The first kappa shape index (κ1) is 12.4. The maximum absolute atomic E-state index is 12.4. The standard InChI is InChI=1S/C12H7F3N4O/c13-12(14,15)11-16-5-8(17-11)10(20)9-6-3-1-2-4-7(6)18-19-9/h1-5H,(H,16,17)(H,18,19). The van der Waals surface area contributed by atoms with Crippen molar-refractivity contribution < 1.29 is 18.0 Å². The number of fused-ring (bicyclic) bond motifs is 1. The van der Waals surface area contributed by atoms with Gasteiger partial charge in [0.25, 0.3) is 0 Å². The number of carbonyl (C=O) groups is 1. The molecule has 1 aromatic carbocycles. The number of aromatic nitrogens is 4. The predicted octanol–water partition coefficient (Wildman–Crippen LogP) is 2.54. The van der Waals surface area contributed by atoms with E-state index < -0.39 is 17.8 Å². The summed E-state index contributed by atoms with van der Waals surface area (Å²) in [6.07, 6.45) is -3.76. The molecule has 0 unspecified atom stereocenters. The molecule has 0 radical (unpaired) electrons. The zero-order valence-electron chi connectivity index (χ0n) is 9.82. The minimum atomic E-state index is -4.62. The van der Waals surface area contributed by atoms with Crippen molar-refractivity contribution in [1.82, 2.24) is 20.2 Å². The van der Waals surface area contributed by atoms with Crippen LogP contribution in [0.25, 0.3) is 10.9 Å². The normalized spacial score (nSPS) is 11.9. The van der Waals surface area contributed by atoms with Crippen molar-refractivity contribution in [3.05, 3.63) is 47.7 Å². The number of benzene rings is 1. The molecule has 3 aromatic rings. The predicted molar refractivity (Wildman–Crippen MR) is 63.1 cm³/mol. The SMILES string of the molecule is O=C(c1cnc(C(F)(F)F)[nH]1)c1n[nH]c2ccccc12. The van der Waals surface area contributed by atoms with Gasteiger partial charge in [0.15, 0.2) is 0 Å². The highest BCUT2D eigenvalue weighted by Crippen LogP contribution is 2.27. The fourth-order valence-corrected chi connectivity index (χ4v) is 1.84. The second kappa shape index (κ2) is 4.19. The topological polar surface area (TPSA) is 74.4 Å². The summed E-state index contributed by atoms with van der Waals surface area (Å²) in [4.78, 5) is 17.3. The lowest BCUT2D eigenvalue weighted by Crippen LogP contribution is -2.09. The Balaban J connectivity index is 2.03. The maximum Gasteiger partial charge on any atom is 0.449 e. The van der Waals surface area contributed by atoms with E-state index in [1.54, 1.807) is 24.3 Å². The number of para-hydroxylation sites is 1. The molecular formula is C12H7F3N4O. The Bertz CT molecular complexity index is 787. The van der Waals surface area contributed by atoms with Gasteiger partial charge in [0, 0.05) is 5.39 Å². The molecule has 0 atom stereocenters. The number of nitrogens with one attached hydrogen (secondary N) is 2. The summed E-state index contributed by atoms with van der Waals surface area (Å²) >= 11 is 0. The van der Waals surface area contributed by atoms with Crippen LogP contribution in [-0.2, 0) is 6.18 Å². The Labute approximate surface area is 109 Å². The third-order valence-corrected chi connectivity index (χ3v) is 2.77. The van der Waals surface area contributed by atoms with Crippen LogP contribution in [0.5, 0.6) is 0 Å². The maximum atomic E-state index is 12.4. The highest BCUT2D eigenvalue weighted by Gasteiger charge is 2.35. The lowest BCUT2D eigenvalue weighted by atomic mass is 10.1. The Morgan fingerprint density at radius 3 is 2.65 bits per heavy atom. The first-order valence-corrected chi connectivity index (χ1v) is 5.57. The molecule has 8 heteroatoms. The first-order chi connectivity index (χ1) is 9.47. The van der Waals surface area contributed by atoms with Crippen LogP contribution in [0.15, 0.2) is 30.5 Å². The fourth-order valence-electron chi connectivity index (χ4n) is 1.84. The summed E-state index contributed by atoms with van der Waals surface area (Å²) in [5.41, 5.74) is 0.430. The number of ketones is 1. The van der Waals surface area contributed by atoms with Crippen LogP contribution >= 0.6 is 0 Å². The molecule has 3 rings (SSSR count). The summed E-state index contributed by atoms with van der Waals surface area (Å²) in [5.74, 6) is -1.86. The number of rotatable bonds is 2. The minimum Gasteiger partial charge on any atom is -0.332 e. The Hall–Kier alpha value is -2.64. The molecule has 0 saturated carbocycles. The van der Waals surface area contributed by atoms with Gasteiger partial charge in [-0.05, 0) is 6.07 Å². The van der Waals surface area contributed by atoms with Gasteiger partial charge in [0.05, 0.1) is 11.7 Å². The molecule has 5 nitrogen and oxygen atoms in total. The van der Waals surface area contributed by atoms with Gasteiger partial charge in [-0.1, -0.05) is 18.2 Å². The summed E-state index contributed by atoms with van der Waals surface area (Å²) in [7, 11) is 0. The number of alkyl halides is 3. The van der Waals surface area contributed by atoms with Crippen molar-refractivity contribution in [1.29, 1.82) is 0 Å². The van der Waals surface area contributed by atoms with Crippen LogP contribution in [0, 0.1) is 0 Å². The van der Waals surface area contributed by atoms with Gasteiger partial charge in [-0.15, -0.1) is 0 Å². The van der Waals surface area contributed by atoms with Crippen molar-refractivity contribution in [2.24, 2.45) is 0 Å². The molecule has 20 heavy (non-hydrogen) atoms. The fraction of sp³-hybridized carbons (Fsp3) is 0.0833. The molecular weight excluding hydrogens is 273 g/mol. The molecule has 0 aliphatic carbocycles. The van der Waals surface area contributed by atoms with E-state index in [9.17, 15) is 18.0 Å². The zero-order chi connectivity index (χ0) is 14.3. The van der Waals surface area contributed by atoms with Crippen molar-refractivity contribution in [2.45, 2.75) is 6.18 Å². The molecule has 102 valence electrons. The van der Waals surface area contributed by atoms with Crippen molar-refractivity contribution in [3.8, 4) is 0 Å². The van der Waals surface area contributed by atoms with Crippen LogP contribution in [0.1, 0.15) is 22.0 Å². The van der Waals surface area contributed by atoms with Gasteiger partial charge >= 0.3 is 6.18 Å². The lowest BCUT2D eigenvalue weighted by molar-refractivity contribution is -0.144. The number of halogens is 3. The van der Waals surface area contributed by atoms with E-state index in [0.717, 1.165) is 6.20 Å². The van der Waals surface area contributed by atoms with Gasteiger partial charge in [-0.25, -0.2) is 4.98 Å². The van der Waals surface area contributed by atoms with Crippen LogP contribution in [-0.4, -0.2) is 25.9 Å². The number of nitrogens with zero attached hydrogens (tertiary/aromatic N) is 2. The molecule has 0 spiro atoms. The lowest BCUT2D eigenvalue weighted by Gasteiger charge is -2.00. The number of H-pyrrole nitrogens is 2. The molecule has 0 amide bonds. The Kier molecular flexibility index (Phi) is 2.60. The van der Waals surface area contributed by atoms with Gasteiger partial charge in [-0.3, -0.25) is 9.89 Å². The van der Waals surface area contributed by atoms with Crippen molar-refractivity contribution in [2.75, 3.05) is 0 Å². The smallest absolute Gasteiger partial charge is 0.332 e. The number of carbonyl (C=O) groups excluding carboxylic acids is 1. The molecule has 2 N–H and O–H groups in total. The zero-order valence-corrected chi connectivity index (χ0v) is 9.82. The van der Waals surface area contributed by atoms with E-state index in [1.807, 2.05) is 4.98 Å². The van der Waals surface area contributed by atoms with Crippen LogP contribution in [0.2, 0.25) is 0 Å². The molecule has 2 heterocycles. The van der Waals surface area contributed by atoms with Crippen LogP contribution < -0.4 is 0 Å². The third-order valence-electron chi connectivity index (χ3n) is 2.77. The van der Waals surface area contributed by atoms with Gasteiger partial charge in [0.2, 0.25) is 11.6 Å². The second-order valence-corrected chi connectivity index (χ2v) is 4.09. The van der Waals surface area contributed by atoms with E-state index in [4.69, 9.17) is 0 Å². The highest BCUT2D eigenvalue weighted by molar-refractivity contribution is 6.13. The monoisotopic (exact) mass is 280 g/mol. The highest BCUT2D eigenvalue weighted by atomic mass is 19.4. The summed E-state index contributed by atoms with van der Waals surface area (Å²) in [6.45, 7) is 0. The average molecular weight is 280 g/mol. The number of hydrogen-bond acceptors (Lipinski definition) is 3. The van der Waals surface area contributed by atoms with Gasteiger partial charge in [0.1, 0.15) is 11.4 Å². The summed E-state index contributed by atoms with van der Waals surface area (Å²) in [6, 6.07) is 6.84. The first-order valence-electron chi connectivity index (χ1n) is 5.57. The number of imidazole rings is 1. The van der Waals surface area contributed by atoms with Crippen molar-refractivity contribution >= 4 is 16.7 Å². The third kappa shape index (κ3) is 1.94. The minimum absolute atomic E-state index is 0.0537. The van der Waals surface area contributed by atoms with Crippen molar-refractivity contribution in [3.63, 3.8) is 0 Å². The molecule has 2 aromatic heterocycles. The van der Waals surface area contributed by atoms with Gasteiger partial charge in [-0.2, -0.15) is 18.3 Å². The van der Waals surface area contributed by atoms with E-state index in [1.165, 1.54) is 0 Å². The van der Waals surface area contributed by atoms with E-state index in [-0.39, 0.29) is 11.4 Å². The van der Waals surface area contributed by atoms with E-state index in [2.05, 4.69) is 15.2 Å². The Morgan fingerprint density at radius 1 is 1.20 bits per heavy atom. The average Bonchev–Trinajstić information content (AvgIpc) is 3.04. The van der Waals surface area contributed by atoms with E-state index >= 15 is 0 Å². The Morgan fingerprint density at radius 2 is 1.95 bits per heavy atom. The summed E-state index contributed by atoms with van der Waals surface area (Å²) in [5, 5.41) is 7.03. The number of hydrogen-bond donors (Lipinski definition) is 2. The second-order valence-electron chi connectivity index (χ2n) is 4.09. The number of aromatic amines is 2. The van der Waals surface area contributed by atoms with Crippen LogP contribution in [0.3, 0.4) is 0 Å². The summed E-state index contributed by atoms with van der Waals surface area (Å²) < 4.78 is 37.3. The quantitative estimate of drug-likeness (QED) is 0.708. The van der Waals surface area contributed by atoms with E-state index in [0.29, 0.717) is 10.9 Å². The molecule has 0 saturated heterocycles.